The second-order valence-corrected chi connectivity index (χ2v) is 5.75. The quantitative estimate of drug-likeness (QED) is 0.620. The highest BCUT2D eigenvalue weighted by molar-refractivity contribution is 9.10. The van der Waals surface area contributed by atoms with Gasteiger partial charge in [-0.05, 0) is 41.8 Å². The lowest BCUT2D eigenvalue weighted by molar-refractivity contribution is -0.384. The van der Waals surface area contributed by atoms with Crippen LogP contribution in [0.1, 0.15) is 30.1 Å². The molecule has 2 rings (SSSR count). The number of nitro groups is 1. The van der Waals surface area contributed by atoms with Gasteiger partial charge in [0.05, 0.1) is 10.5 Å². The van der Waals surface area contributed by atoms with Gasteiger partial charge in [-0.25, -0.2) is 0 Å². The van der Waals surface area contributed by atoms with Crippen LogP contribution in [0.25, 0.3) is 0 Å². The maximum atomic E-state index is 12.1. The van der Waals surface area contributed by atoms with Crippen LogP contribution in [0.15, 0.2) is 22.7 Å². The van der Waals surface area contributed by atoms with Crippen molar-refractivity contribution in [3.05, 3.63) is 38.3 Å². The van der Waals surface area contributed by atoms with E-state index in [1.807, 2.05) is 0 Å². The highest BCUT2D eigenvalue weighted by Crippen LogP contribution is 2.22. The molecule has 0 heterocycles. The van der Waals surface area contributed by atoms with Gasteiger partial charge in [-0.3, -0.25) is 19.7 Å². The molecule has 0 radical (unpaired) electrons. The predicted molar refractivity (Wildman–Crippen MR) is 78.9 cm³/mol. The molecule has 2 amide bonds. The molecule has 1 unspecified atom stereocenters. The summed E-state index contributed by atoms with van der Waals surface area (Å²) in [4.78, 5) is 34.1. The Morgan fingerprint density at radius 3 is 2.67 bits per heavy atom. The van der Waals surface area contributed by atoms with Crippen molar-refractivity contribution in [2.24, 2.45) is 0 Å². The van der Waals surface area contributed by atoms with E-state index in [1.54, 1.807) is 6.92 Å². The second kappa shape index (κ2) is 6.21. The molecule has 1 aromatic rings. The van der Waals surface area contributed by atoms with E-state index in [9.17, 15) is 19.7 Å². The van der Waals surface area contributed by atoms with Gasteiger partial charge in [0, 0.05) is 22.6 Å². The maximum Gasteiger partial charge on any atom is 0.270 e. The van der Waals surface area contributed by atoms with Crippen LogP contribution < -0.4 is 10.6 Å². The molecule has 0 saturated heterocycles. The van der Waals surface area contributed by atoms with Crippen molar-refractivity contribution < 1.29 is 14.5 Å². The third kappa shape index (κ3) is 4.01. The van der Waals surface area contributed by atoms with E-state index >= 15 is 0 Å². The van der Waals surface area contributed by atoms with Crippen LogP contribution in [0.2, 0.25) is 0 Å². The minimum Gasteiger partial charge on any atom is -0.352 e. The molecule has 1 atom stereocenters. The monoisotopic (exact) mass is 355 g/mol. The summed E-state index contributed by atoms with van der Waals surface area (Å²) in [6.07, 6.45) is 1.92. The summed E-state index contributed by atoms with van der Waals surface area (Å²) in [5.41, 5.74) is -0.0614. The predicted octanol–water partition coefficient (Wildman–Crippen LogP) is 1.75. The molecule has 21 heavy (non-hydrogen) atoms. The van der Waals surface area contributed by atoms with Gasteiger partial charge in [-0.1, -0.05) is 0 Å². The Hall–Kier alpha value is -1.96. The number of amides is 2. The van der Waals surface area contributed by atoms with Gasteiger partial charge in [0.2, 0.25) is 5.91 Å². The van der Waals surface area contributed by atoms with Gasteiger partial charge in [-0.2, -0.15) is 0 Å². The molecular formula is C13H14BrN3O4. The number of nitrogens with one attached hydrogen (secondary N) is 2. The number of carbonyl (C=O) groups is 2. The van der Waals surface area contributed by atoms with E-state index in [4.69, 9.17) is 0 Å². The molecule has 1 fully saturated rings. The summed E-state index contributed by atoms with van der Waals surface area (Å²) in [6.45, 7) is 1.57. The Balaban J connectivity index is 2.06. The lowest BCUT2D eigenvalue weighted by Crippen LogP contribution is -2.45. The normalized spacial score (nSPS) is 15.1. The van der Waals surface area contributed by atoms with Crippen molar-refractivity contribution in [2.75, 3.05) is 0 Å². The first-order chi connectivity index (χ1) is 9.88. The number of benzene rings is 1. The van der Waals surface area contributed by atoms with E-state index in [-0.39, 0.29) is 23.2 Å². The maximum absolute atomic E-state index is 12.1. The van der Waals surface area contributed by atoms with Gasteiger partial charge in [0.25, 0.3) is 11.6 Å². The SMILES string of the molecule is CC(NC(=O)c1cc([N+](=O)[O-])ccc1Br)C(=O)NC1CC1. The Kier molecular flexibility index (Phi) is 4.56. The fourth-order valence-electron chi connectivity index (χ4n) is 1.69. The molecule has 0 bridgehead atoms. The van der Waals surface area contributed by atoms with Crippen molar-refractivity contribution in [2.45, 2.75) is 31.8 Å². The number of hydrogen-bond acceptors (Lipinski definition) is 4. The Morgan fingerprint density at radius 1 is 1.43 bits per heavy atom. The van der Waals surface area contributed by atoms with Crippen molar-refractivity contribution in [3.63, 3.8) is 0 Å². The van der Waals surface area contributed by atoms with Crippen molar-refractivity contribution in [1.29, 1.82) is 0 Å². The molecule has 2 N–H and O–H groups in total. The van der Waals surface area contributed by atoms with Gasteiger partial charge >= 0.3 is 0 Å². The van der Waals surface area contributed by atoms with Crippen LogP contribution >= 0.6 is 15.9 Å². The van der Waals surface area contributed by atoms with Crippen molar-refractivity contribution in [1.82, 2.24) is 10.6 Å². The fraction of sp³-hybridized carbons (Fsp3) is 0.385. The molecule has 1 aliphatic rings. The van der Waals surface area contributed by atoms with Gasteiger partial charge in [0.15, 0.2) is 0 Å². The Labute approximate surface area is 129 Å². The minimum atomic E-state index is -0.704. The molecule has 1 aliphatic carbocycles. The number of hydrogen-bond donors (Lipinski definition) is 2. The number of non-ortho nitro benzene ring substituents is 1. The first-order valence-corrected chi connectivity index (χ1v) is 7.23. The zero-order chi connectivity index (χ0) is 15.6. The number of nitrogens with zero attached hydrogens (tertiary/aromatic N) is 1. The summed E-state index contributed by atoms with van der Waals surface area (Å²) in [5, 5.41) is 16.1. The minimum absolute atomic E-state index is 0.121. The summed E-state index contributed by atoms with van der Waals surface area (Å²) in [6, 6.07) is 3.41. The zero-order valence-corrected chi connectivity index (χ0v) is 12.8. The lowest BCUT2D eigenvalue weighted by atomic mass is 10.1. The van der Waals surface area contributed by atoms with Crippen LogP contribution in [-0.4, -0.2) is 28.8 Å². The lowest BCUT2D eigenvalue weighted by Gasteiger charge is -2.14. The van der Waals surface area contributed by atoms with Crippen LogP contribution in [0.4, 0.5) is 5.69 Å². The Bertz CT molecular complexity index is 601. The van der Waals surface area contributed by atoms with Crippen LogP contribution in [0.3, 0.4) is 0 Å². The standard InChI is InChI=1S/C13H14BrN3O4/c1-7(12(18)16-8-2-3-8)15-13(19)10-6-9(17(20)21)4-5-11(10)14/h4-8H,2-3H2,1H3,(H,15,19)(H,16,18). The van der Waals surface area contributed by atoms with E-state index in [0.717, 1.165) is 12.8 Å². The molecule has 1 saturated carbocycles. The van der Waals surface area contributed by atoms with Gasteiger partial charge in [0.1, 0.15) is 6.04 Å². The second-order valence-electron chi connectivity index (χ2n) is 4.90. The largest absolute Gasteiger partial charge is 0.352 e. The average molecular weight is 356 g/mol. The first kappa shape index (κ1) is 15.4. The van der Waals surface area contributed by atoms with Crippen LogP contribution in [0.5, 0.6) is 0 Å². The highest BCUT2D eigenvalue weighted by atomic mass is 79.9. The topological polar surface area (TPSA) is 101 Å². The van der Waals surface area contributed by atoms with E-state index in [0.29, 0.717) is 4.47 Å². The molecule has 112 valence electrons. The van der Waals surface area contributed by atoms with Gasteiger partial charge in [-0.15, -0.1) is 0 Å². The number of nitro benzene ring substituents is 1. The van der Waals surface area contributed by atoms with E-state index in [1.165, 1.54) is 18.2 Å². The number of carbonyl (C=O) groups excluding carboxylic acids is 2. The number of rotatable bonds is 5. The molecule has 0 aliphatic heterocycles. The highest BCUT2D eigenvalue weighted by Gasteiger charge is 2.27. The molecule has 7 nitrogen and oxygen atoms in total. The number of halogens is 1. The third-order valence-corrected chi connectivity index (χ3v) is 3.76. The van der Waals surface area contributed by atoms with E-state index < -0.39 is 16.9 Å². The van der Waals surface area contributed by atoms with Crippen molar-refractivity contribution >= 4 is 33.4 Å². The molecule has 1 aromatic carbocycles. The van der Waals surface area contributed by atoms with Crippen LogP contribution in [-0.2, 0) is 4.79 Å². The molecule has 8 heteroatoms. The van der Waals surface area contributed by atoms with E-state index in [2.05, 4.69) is 26.6 Å². The van der Waals surface area contributed by atoms with Crippen molar-refractivity contribution in [3.8, 4) is 0 Å². The summed E-state index contributed by atoms with van der Waals surface area (Å²) < 4.78 is 0.431. The molecule has 0 aromatic heterocycles. The summed E-state index contributed by atoms with van der Waals surface area (Å²) >= 11 is 3.17. The molecular weight excluding hydrogens is 342 g/mol. The van der Waals surface area contributed by atoms with Crippen LogP contribution in [0, 0.1) is 10.1 Å². The summed E-state index contributed by atoms with van der Waals surface area (Å²) in [5.74, 6) is -0.795. The zero-order valence-electron chi connectivity index (χ0n) is 11.3. The fourth-order valence-corrected chi connectivity index (χ4v) is 2.12. The average Bonchev–Trinajstić information content (AvgIpc) is 3.22. The first-order valence-electron chi connectivity index (χ1n) is 6.43. The Morgan fingerprint density at radius 2 is 2.10 bits per heavy atom. The third-order valence-electron chi connectivity index (χ3n) is 3.07. The smallest absolute Gasteiger partial charge is 0.270 e. The van der Waals surface area contributed by atoms with Gasteiger partial charge < -0.3 is 10.6 Å². The molecule has 0 spiro atoms. The summed E-state index contributed by atoms with van der Waals surface area (Å²) in [7, 11) is 0.